The Labute approximate surface area is 149 Å². The maximum absolute atomic E-state index is 12.9. The highest BCUT2D eigenvalue weighted by molar-refractivity contribution is 6.29. The van der Waals surface area contributed by atoms with Gasteiger partial charge in [0.2, 0.25) is 5.78 Å². The maximum Gasteiger partial charge on any atom is 0.342 e. The number of carbonyl (C=O) groups excluding carboxylic acids is 3. The maximum atomic E-state index is 12.9. The van der Waals surface area contributed by atoms with Gasteiger partial charge in [0.05, 0.1) is 32.4 Å². The van der Waals surface area contributed by atoms with E-state index in [-0.39, 0.29) is 33.8 Å². The van der Waals surface area contributed by atoms with Crippen molar-refractivity contribution in [1.82, 2.24) is 4.90 Å². The van der Waals surface area contributed by atoms with Crippen molar-refractivity contribution in [2.45, 2.75) is 6.54 Å². The number of esters is 1. The van der Waals surface area contributed by atoms with Gasteiger partial charge in [0.25, 0.3) is 0 Å². The first-order valence-electron chi connectivity index (χ1n) is 8.34. The van der Waals surface area contributed by atoms with E-state index in [1.165, 1.54) is 7.11 Å². The molecule has 0 bridgehead atoms. The number of rotatable bonds is 3. The molecule has 26 heavy (non-hydrogen) atoms. The SMILES string of the molecule is COC(=O)c1c(CN2CCOCC2)oc2c1C(=O)c1ccccc1C2=O. The minimum atomic E-state index is -0.682. The lowest BCUT2D eigenvalue weighted by Crippen LogP contribution is -2.36. The van der Waals surface area contributed by atoms with Gasteiger partial charge in [-0.25, -0.2) is 4.79 Å². The van der Waals surface area contributed by atoms with Crippen molar-refractivity contribution in [3.05, 3.63) is 58.0 Å². The summed E-state index contributed by atoms with van der Waals surface area (Å²) in [6, 6.07) is 6.53. The van der Waals surface area contributed by atoms with E-state index in [9.17, 15) is 14.4 Å². The van der Waals surface area contributed by atoms with Gasteiger partial charge in [-0.05, 0) is 0 Å². The zero-order chi connectivity index (χ0) is 18.3. The third-order valence-electron chi connectivity index (χ3n) is 4.69. The lowest BCUT2D eigenvalue weighted by atomic mass is 9.86. The molecule has 0 spiro atoms. The molecule has 7 nitrogen and oxygen atoms in total. The van der Waals surface area contributed by atoms with Crippen LogP contribution in [0, 0.1) is 0 Å². The monoisotopic (exact) mass is 355 g/mol. The molecule has 0 radical (unpaired) electrons. The van der Waals surface area contributed by atoms with Gasteiger partial charge in [0.15, 0.2) is 11.5 Å². The average Bonchev–Trinajstić information content (AvgIpc) is 3.06. The molecule has 0 saturated carbocycles. The van der Waals surface area contributed by atoms with Crippen LogP contribution in [-0.2, 0) is 16.0 Å². The van der Waals surface area contributed by atoms with Gasteiger partial charge in [-0.2, -0.15) is 0 Å². The highest BCUT2D eigenvalue weighted by atomic mass is 16.5. The molecule has 2 aromatic rings. The minimum Gasteiger partial charge on any atom is -0.465 e. The summed E-state index contributed by atoms with van der Waals surface area (Å²) in [5.74, 6) is -1.28. The number of carbonyl (C=O) groups is 3. The van der Waals surface area contributed by atoms with Gasteiger partial charge in [-0.3, -0.25) is 14.5 Å². The molecule has 0 N–H and O–H groups in total. The van der Waals surface area contributed by atoms with Crippen LogP contribution in [0.4, 0.5) is 0 Å². The first-order chi connectivity index (χ1) is 12.6. The lowest BCUT2D eigenvalue weighted by molar-refractivity contribution is 0.0307. The smallest absolute Gasteiger partial charge is 0.342 e. The normalized spacial score (nSPS) is 17.0. The number of methoxy groups -OCH3 is 1. The highest BCUT2D eigenvalue weighted by Crippen LogP contribution is 2.34. The van der Waals surface area contributed by atoms with Gasteiger partial charge >= 0.3 is 5.97 Å². The summed E-state index contributed by atoms with van der Waals surface area (Å²) in [4.78, 5) is 40.2. The van der Waals surface area contributed by atoms with E-state index >= 15 is 0 Å². The highest BCUT2D eigenvalue weighted by Gasteiger charge is 2.39. The van der Waals surface area contributed by atoms with E-state index in [4.69, 9.17) is 13.9 Å². The second-order valence-corrected chi connectivity index (χ2v) is 6.19. The fourth-order valence-corrected chi connectivity index (χ4v) is 3.38. The number of furan rings is 1. The van der Waals surface area contributed by atoms with Gasteiger partial charge in [-0.1, -0.05) is 24.3 Å². The Balaban J connectivity index is 1.83. The summed E-state index contributed by atoms with van der Waals surface area (Å²) < 4.78 is 15.9. The van der Waals surface area contributed by atoms with Crippen LogP contribution in [-0.4, -0.2) is 55.8 Å². The first kappa shape index (κ1) is 16.7. The number of hydrogen-bond donors (Lipinski definition) is 0. The van der Waals surface area contributed by atoms with Crippen LogP contribution in [0.3, 0.4) is 0 Å². The summed E-state index contributed by atoms with van der Waals surface area (Å²) in [7, 11) is 1.24. The molecule has 1 fully saturated rings. The molecule has 1 aliphatic heterocycles. The van der Waals surface area contributed by atoms with Crippen molar-refractivity contribution in [2.24, 2.45) is 0 Å². The van der Waals surface area contributed by atoms with E-state index in [1.54, 1.807) is 24.3 Å². The van der Waals surface area contributed by atoms with Crippen LogP contribution in [0.2, 0.25) is 0 Å². The quantitative estimate of drug-likeness (QED) is 0.661. The van der Waals surface area contributed by atoms with Crippen molar-refractivity contribution in [1.29, 1.82) is 0 Å². The Morgan fingerprint density at radius 1 is 1.12 bits per heavy atom. The number of hydrogen-bond acceptors (Lipinski definition) is 7. The average molecular weight is 355 g/mol. The molecular weight excluding hydrogens is 338 g/mol. The van der Waals surface area contributed by atoms with Gasteiger partial charge in [-0.15, -0.1) is 0 Å². The number of nitrogens with zero attached hydrogens (tertiary/aromatic N) is 1. The van der Waals surface area contributed by atoms with Crippen LogP contribution < -0.4 is 0 Å². The van der Waals surface area contributed by atoms with E-state index in [1.807, 2.05) is 4.90 Å². The van der Waals surface area contributed by atoms with Gasteiger partial charge in [0, 0.05) is 24.2 Å². The van der Waals surface area contributed by atoms with Crippen molar-refractivity contribution in [2.75, 3.05) is 33.4 Å². The molecule has 2 aliphatic rings. The molecule has 2 heterocycles. The van der Waals surface area contributed by atoms with Crippen molar-refractivity contribution >= 4 is 17.5 Å². The van der Waals surface area contributed by atoms with Crippen LogP contribution in [0.25, 0.3) is 0 Å². The molecule has 0 atom stereocenters. The fourth-order valence-electron chi connectivity index (χ4n) is 3.38. The number of ether oxygens (including phenoxy) is 2. The summed E-state index contributed by atoms with van der Waals surface area (Å²) in [6.45, 7) is 2.81. The number of morpholine rings is 1. The Kier molecular flexibility index (Phi) is 4.18. The first-order valence-corrected chi connectivity index (χ1v) is 8.34. The Morgan fingerprint density at radius 2 is 1.77 bits per heavy atom. The number of benzene rings is 1. The number of ketones is 2. The summed E-state index contributed by atoms with van der Waals surface area (Å²) in [5, 5.41) is 0. The molecular formula is C19H17NO6. The summed E-state index contributed by atoms with van der Waals surface area (Å²) >= 11 is 0. The Morgan fingerprint density at radius 3 is 2.42 bits per heavy atom. The molecule has 134 valence electrons. The van der Waals surface area contributed by atoms with E-state index in [2.05, 4.69) is 0 Å². The third kappa shape index (κ3) is 2.56. The lowest BCUT2D eigenvalue weighted by Gasteiger charge is -2.25. The topological polar surface area (TPSA) is 86.0 Å². The van der Waals surface area contributed by atoms with Gasteiger partial charge < -0.3 is 13.9 Å². The van der Waals surface area contributed by atoms with E-state index < -0.39 is 17.5 Å². The van der Waals surface area contributed by atoms with Crippen LogP contribution >= 0.6 is 0 Å². The Bertz CT molecular complexity index is 907. The molecule has 0 amide bonds. The van der Waals surface area contributed by atoms with Crippen LogP contribution in [0.1, 0.15) is 48.2 Å². The molecule has 0 unspecified atom stereocenters. The largest absolute Gasteiger partial charge is 0.465 e. The third-order valence-corrected chi connectivity index (χ3v) is 4.69. The molecule has 1 saturated heterocycles. The zero-order valence-electron chi connectivity index (χ0n) is 14.2. The minimum absolute atomic E-state index is 0.00353. The van der Waals surface area contributed by atoms with Gasteiger partial charge in [0.1, 0.15) is 11.3 Å². The summed E-state index contributed by atoms with van der Waals surface area (Å²) in [5.41, 5.74) is 0.604. The predicted octanol–water partition coefficient (Wildman–Crippen LogP) is 1.67. The summed E-state index contributed by atoms with van der Waals surface area (Å²) in [6.07, 6.45) is 0. The molecule has 7 heteroatoms. The Hall–Kier alpha value is -2.77. The fraction of sp³-hybridized carbons (Fsp3) is 0.316. The number of fused-ring (bicyclic) bond motifs is 2. The molecule has 4 rings (SSSR count). The van der Waals surface area contributed by atoms with E-state index in [0.717, 1.165) is 0 Å². The molecule has 1 aromatic heterocycles. The van der Waals surface area contributed by atoms with Crippen molar-refractivity contribution in [3.8, 4) is 0 Å². The second kappa shape index (κ2) is 6.51. The van der Waals surface area contributed by atoms with Crippen LogP contribution in [0.15, 0.2) is 28.7 Å². The zero-order valence-corrected chi connectivity index (χ0v) is 14.2. The standard InChI is InChI=1S/C19H17NO6/c1-24-19(23)14-13(10-20-6-8-25-9-7-20)26-18-15(14)16(21)11-4-2-3-5-12(11)17(18)22/h2-5H,6-10H2,1H3. The second-order valence-electron chi connectivity index (χ2n) is 6.19. The van der Waals surface area contributed by atoms with E-state index in [0.29, 0.717) is 32.8 Å². The van der Waals surface area contributed by atoms with Crippen molar-refractivity contribution in [3.63, 3.8) is 0 Å². The molecule has 1 aromatic carbocycles. The molecule has 1 aliphatic carbocycles. The predicted molar refractivity (Wildman–Crippen MR) is 89.5 cm³/mol. The van der Waals surface area contributed by atoms with Crippen LogP contribution in [0.5, 0.6) is 0 Å². The van der Waals surface area contributed by atoms with Crippen molar-refractivity contribution < 1.29 is 28.3 Å².